The minimum absolute atomic E-state index is 0.0782. The molecule has 0 saturated carbocycles. The molecule has 0 aromatic rings. The van der Waals surface area contributed by atoms with Crippen LogP contribution in [-0.2, 0) is 19.2 Å². The van der Waals surface area contributed by atoms with Gasteiger partial charge in [0.2, 0.25) is 23.6 Å². The molecule has 4 amide bonds. The predicted octanol–water partition coefficient (Wildman–Crippen LogP) is -1.38. The molecule has 0 radical (unpaired) electrons. The summed E-state index contributed by atoms with van der Waals surface area (Å²) in [6.45, 7) is 7.72. The first kappa shape index (κ1) is 22.8. The van der Waals surface area contributed by atoms with Crippen molar-refractivity contribution in [3.8, 4) is 0 Å². The molecular weight excluding hydrogens is 326 g/mol. The van der Waals surface area contributed by atoms with Gasteiger partial charge in [0.15, 0.2) is 0 Å². The lowest BCUT2D eigenvalue weighted by Gasteiger charge is -2.23. The molecule has 9 heteroatoms. The molecule has 0 heterocycles. The normalized spacial score (nSPS) is 12.9. The highest BCUT2D eigenvalue weighted by Gasteiger charge is 2.26. The van der Waals surface area contributed by atoms with E-state index in [1.165, 1.54) is 0 Å². The fraction of sp³-hybridized carbons (Fsp3) is 0.750. The second kappa shape index (κ2) is 12.2. The summed E-state index contributed by atoms with van der Waals surface area (Å²) in [6.07, 6.45) is 0.428. The molecule has 25 heavy (non-hydrogen) atoms. The zero-order valence-corrected chi connectivity index (χ0v) is 15.5. The third kappa shape index (κ3) is 9.65. The summed E-state index contributed by atoms with van der Waals surface area (Å²) in [4.78, 5) is 47.2. The summed E-state index contributed by atoms with van der Waals surface area (Å²) in [5.74, 6) is -1.41. The first-order chi connectivity index (χ1) is 11.7. The van der Waals surface area contributed by atoms with Crippen molar-refractivity contribution in [3.05, 3.63) is 0 Å². The van der Waals surface area contributed by atoms with Crippen LogP contribution in [0.1, 0.15) is 40.5 Å². The molecule has 1 unspecified atom stereocenters. The highest BCUT2D eigenvalue weighted by molar-refractivity contribution is 5.92. The molecule has 0 saturated heterocycles. The Hall–Kier alpha value is -2.16. The van der Waals surface area contributed by atoms with E-state index in [4.69, 9.17) is 5.73 Å². The minimum atomic E-state index is -0.765. The van der Waals surface area contributed by atoms with Crippen LogP contribution in [0.15, 0.2) is 0 Å². The summed E-state index contributed by atoms with van der Waals surface area (Å²) in [5, 5.41) is 10.4. The molecule has 144 valence electrons. The molecule has 0 aromatic heterocycles. The molecule has 0 aliphatic rings. The molecule has 0 aliphatic carbocycles. The van der Waals surface area contributed by atoms with Gasteiger partial charge in [-0.25, -0.2) is 0 Å². The fourth-order valence-corrected chi connectivity index (χ4v) is 1.94. The van der Waals surface area contributed by atoms with Crippen LogP contribution in [0.5, 0.6) is 0 Å². The van der Waals surface area contributed by atoms with E-state index in [-0.39, 0.29) is 36.6 Å². The first-order valence-corrected chi connectivity index (χ1v) is 8.57. The van der Waals surface area contributed by atoms with Crippen LogP contribution in [0.3, 0.4) is 0 Å². The molecule has 0 bridgehead atoms. The Morgan fingerprint density at radius 2 is 1.52 bits per heavy atom. The standard InChI is InChI=1S/C16H31N5O4/c1-5-12(22)18-8-6-13(23)21-14(10(2)3)16(25)20-11(4)15(24)19-9-7-17/h10-11,14H,5-9,17H2,1-4H3,(H,18,22)(H,19,24)(H,20,25)(H,21,23)/t11-,14?/m0/s1. The van der Waals surface area contributed by atoms with Gasteiger partial charge in [0.05, 0.1) is 0 Å². The molecule has 0 aliphatic heterocycles. The minimum Gasteiger partial charge on any atom is -0.356 e. The van der Waals surface area contributed by atoms with Gasteiger partial charge in [-0.1, -0.05) is 20.8 Å². The van der Waals surface area contributed by atoms with Crippen LogP contribution in [-0.4, -0.2) is 55.3 Å². The highest BCUT2D eigenvalue weighted by atomic mass is 16.2. The van der Waals surface area contributed by atoms with E-state index in [2.05, 4.69) is 21.3 Å². The van der Waals surface area contributed by atoms with Gasteiger partial charge in [0.1, 0.15) is 12.1 Å². The van der Waals surface area contributed by atoms with Crippen LogP contribution in [0.4, 0.5) is 0 Å². The third-order valence-electron chi connectivity index (χ3n) is 3.46. The smallest absolute Gasteiger partial charge is 0.243 e. The van der Waals surface area contributed by atoms with Crippen molar-refractivity contribution in [2.45, 2.75) is 52.6 Å². The fourth-order valence-electron chi connectivity index (χ4n) is 1.94. The van der Waals surface area contributed by atoms with E-state index in [0.717, 1.165) is 0 Å². The Balaban J connectivity index is 4.51. The van der Waals surface area contributed by atoms with E-state index in [1.807, 2.05) is 0 Å². The van der Waals surface area contributed by atoms with Crippen molar-refractivity contribution < 1.29 is 19.2 Å². The Morgan fingerprint density at radius 3 is 2.04 bits per heavy atom. The molecule has 6 N–H and O–H groups in total. The van der Waals surface area contributed by atoms with Gasteiger partial charge in [0.25, 0.3) is 0 Å². The summed E-state index contributed by atoms with van der Waals surface area (Å²) in [5.41, 5.74) is 5.31. The topological polar surface area (TPSA) is 142 Å². The van der Waals surface area contributed by atoms with Crippen molar-refractivity contribution in [2.75, 3.05) is 19.6 Å². The quantitative estimate of drug-likeness (QED) is 0.310. The van der Waals surface area contributed by atoms with Crippen molar-refractivity contribution in [3.63, 3.8) is 0 Å². The molecule has 0 spiro atoms. The number of hydrogen-bond donors (Lipinski definition) is 5. The van der Waals surface area contributed by atoms with Crippen molar-refractivity contribution in [1.29, 1.82) is 0 Å². The monoisotopic (exact) mass is 357 g/mol. The van der Waals surface area contributed by atoms with E-state index < -0.39 is 18.0 Å². The van der Waals surface area contributed by atoms with Gasteiger partial charge >= 0.3 is 0 Å². The maximum atomic E-state index is 12.3. The Labute approximate surface area is 148 Å². The van der Waals surface area contributed by atoms with Crippen LogP contribution in [0, 0.1) is 5.92 Å². The summed E-state index contributed by atoms with van der Waals surface area (Å²) < 4.78 is 0. The van der Waals surface area contributed by atoms with E-state index in [9.17, 15) is 19.2 Å². The van der Waals surface area contributed by atoms with Gasteiger partial charge < -0.3 is 27.0 Å². The number of carbonyl (C=O) groups excluding carboxylic acids is 4. The number of amides is 4. The molecular formula is C16H31N5O4. The summed E-state index contributed by atoms with van der Waals surface area (Å²) in [7, 11) is 0. The largest absolute Gasteiger partial charge is 0.356 e. The van der Waals surface area contributed by atoms with Crippen LogP contribution in [0.25, 0.3) is 0 Å². The van der Waals surface area contributed by atoms with E-state index in [0.29, 0.717) is 19.5 Å². The third-order valence-corrected chi connectivity index (χ3v) is 3.46. The van der Waals surface area contributed by atoms with Gasteiger partial charge in [-0.05, 0) is 12.8 Å². The van der Waals surface area contributed by atoms with E-state index >= 15 is 0 Å². The van der Waals surface area contributed by atoms with Gasteiger partial charge in [-0.2, -0.15) is 0 Å². The Kier molecular flexibility index (Phi) is 11.2. The second-order valence-corrected chi connectivity index (χ2v) is 6.05. The van der Waals surface area contributed by atoms with Crippen LogP contribution < -0.4 is 27.0 Å². The second-order valence-electron chi connectivity index (χ2n) is 6.05. The average molecular weight is 357 g/mol. The van der Waals surface area contributed by atoms with Gasteiger partial charge in [-0.3, -0.25) is 19.2 Å². The summed E-state index contributed by atoms with van der Waals surface area (Å²) in [6, 6.07) is -1.50. The number of nitrogens with one attached hydrogen (secondary N) is 4. The lowest BCUT2D eigenvalue weighted by molar-refractivity contribution is -0.132. The number of hydrogen-bond acceptors (Lipinski definition) is 5. The van der Waals surface area contributed by atoms with Crippen molar-refractivity contribution in [2.24, 2.45) is 11.7 Å². The highest BCUT2D eigenvalue weighted by Crippen LogP contribution is 2.03. The van der Waals surface area contributed by atoms with Crippen molar-refractivity contribution >= 4 is 23.6 Å². The summed E-state index contributed by atoms with van der Waals surface area (Å²) >= 11 is 0. The molecule has 9 nitrogen and oxygen atoms in total. The molecule has 0 aromatic carbocycles. The Bertz CT molecular complexity index is 467. The van der Waals surface area contributed by atoms with Crippen LogP contribution in [0.2, 0.25) is 0 Å². The molecule has 0 fully saturated rings. The van der Waals surface area contributed by atoms with Crippen molar-refractivity contribution in [1.82, 2.24) is 21.3 Å². The lowest BCUT2D eigenvalue weighted by atomic mass is 10.0. The molecule has 0 rings (SSSR count). The SMILES string of the molecule is CCC(=O)NCCC(=O)NC(C(=O)N[C@@H](C)C(=O)NCCN)C(C)C. The lowest BCUT2D eigenvalue weighted by Crippen LogP contribution is -2.55. The average Bonchev–Trinajstić information content (AvgIpc) is 2.56. The van der Waals surface area contributed by atoms with Crippen LogP contribution >= 0.6 is 0 Å². The first-order valence-electron chi connectivity index (χ1n) is 8.57. The molecule has 2 atom stereocenters. The number of rotatable bonds is 11. The zero-order valence-electron chi connectivity index (χ0n) is 15.5. The number of carbonyl (C=O) groups is 4. The predicted molar refractivity (Wildman–Crippen MR) is 94.4 cm³/mol. The Morgan fingerprint density at radius 1 is 0.880 bits per heavy atom. The number of nitrogens with two attached hydrogens (primary N) is 1. The van der Waals surface area contributed by atoms with E-state index in [1.54, 1.807) is 27.7 Å². The van der Waals surface area contributed by atoms with Gasteiger partial charge in [-0.15, -0.1) is 0 Å². The van der Waals surface area contributed by atoms with Gasteiger partial charge in [0, 0.05) is 32.5 Å². The maximum Gasteiger partial charge on any atom is 0.243 e. The zero-order chi connectivity index (χ0) is 19.4. The maximum absolute atomic E-state index is 12.3.